The molecule has 2 unspecified atom stereocenters. The molecule has 0 aliphatic carbocycles. The molecule has 0 saturated carbocycles. The second kappa shape index (κ2) is 8.17. The zero-order valence-corrected chi connectivity index (χ0v) is 9.92. The summed E-state index contributed by atoms with van der Waals surface area (Å²) in [6.07, 6.45) is 2.13. The Bertz CT molecular complexity index is 131. The van der Waals surface area contributed by atoms with E-state index in [0.717, 1.165) is 26.0 Å². The largest absolute Gasteiger partial charge is 0.385 e. The highest BCUT2D eigenvalue weighted by atomic mass is 16.5. The first kappa shape index (κ1) is 13.8. The summed E-state index contributed by atoms with van der Waals surface area (Å²) in [5, 5.41) is 0. The topological polar surface area (TPSA) is 50.5 Å². The zero-order chi connectivity index (χ0) is 11.0. The third-order valence-corrected chi connectivity index (χ3v) is 2.57. The lowest BCUT2D eigenvalue weighted by Crippen LogP contribution is -2.42. The van der Waals surface area contributed by atoms with Crippen LogP contribution in [0.15, 0.2) is 0 Å². The Morgan fingerprint density at radius 3 is 2.43 bits per heavy atom. The Morgan fingerprint density at radius 1 is 1.36 bits per heavy atom. The van der Waals surface area contributed by atoms with Crippen molar-refractivity contribution < 1.29 is 4.74 Å². The molecular weight excluding hydrogens is 178 g/mol. The van der Waals surface area contributed by atoms with E-state index in [2.05, 4.69) is 31.3 Å². The van der Waals surface area contributed by atoms with Crippen molar-refractivity contribution in [2.75, 3.05) is 34.4 Å². The Labute approximate surface area is 87.8 Å². The van der Waals surface area contributed by atoms with Gasteiger partial charge in [0, 0.05) is 19.8 Å². The van der Waals surface area contributed by atoms with Crippen LogP contribution in [-0.2, 0) is 4.74 Å². The summed E-state index contributed by atoms with van der Waals surface area (Å²) in [6, 6.07) is 0.382. The van der Waals surface area contributed by atoms with Gasteiger partial charge in [-0.1, -0.05) is 6.92 Å². The standard InChI is InChI=1S/C10H25N3O/c1-9(6-8-14-4)10(12-11)5-7-13(2)3/h9-10,12H,5-8,11H2,1-4H3. The van der Waals surface area contributed by atoms with E-state index in [9.17, 15) is 0 Å². The van der Waals surface area contributed by atoms with E-state index in [0.29, 0.717) is 12.0 Å². The van der Waals surface area contributed by atoms with Crippen molar-refractivity contribution in [3.05, 3.63) is 0 Å². The SMILES string of the molecule is COCCC(C)C(CCN(C)C)NN. The molecule has 2 atom stereocenters. The lowest BCUT2D eigenvalue weighted by atomic mass is 9.96. The maximum atomic E-state index is 5.52. The summed E-state index contributed by atoms with van der Waals surface area (Å²) >= 11 is 0. The van der Waals surface area contributed by atoms with Crippen molar-refractivity contribution in [2.24, 2.45) is 11.8 Å². The van der Waals surface area contributed by atoms with Gasteiger partial charge in [0.05, 0.1) is 0 Å². The van der Waals surface area contributed by atoms with Gasteiger partial charge in [0.15, 0.2) is 0 Å². The highest BCUT2D eigenvalue weighted by molar-refractivity contribution is 4.71. The lowest BCUT2D eigenvalue weighted by Gasteiger charge is -2.24. The molecule has 14 heavy (non-hydrogen) atoms. The first-order valence-corrected chi connectivity index (χ1v) is 5.21. The maximum absolute atomic E-state index is 5.52. The van der Waals surface area contributed by atoms with Gasteiger partial charge in [-0.25, -0.2) is 0 Å². The van der Waals surface area contributed by atoms with E-state index < -0.39 is 0 Å². The van der Waals surface area contributed by atoms with Crippen molar-refractivity contribution in [1.29, 1.82) is 0 Å². The number of hydrogen-bond acceptors (Lipinski definition) is 4. The molecule has 0 heterocycles. The van der Waals surface area contributed by atoms with Crippen LogP contribution in [0.2, 0.25) is 0 Å². The first-order chi connectivity index (χ1) is 6.61. The molecule has 0 saturated heterocycles. The van der Waals surface area contributed by atoms with Gasteiger partial charge in [-0.05, 0) is 39.4 Å². The number of ether oxygens (including phenoxy) is 1. The van der Waals surface area contributed by atoms with Crippen LogP contribution < -0.4 is 11.3 Å². The van der Waals surface area contributed by atoms with Crippen LogP contribution in [0.3, 0.4) is 0 Å². The molecule has 86 valence electrons. The summed E-state index contributed by atoms with van der Waals surface area (Å²) in [6.45, 7) is 4.08. The molecule has 0 aromatic heterocycles. The van der Waals surface area contributed by atoms with Crippen LogP contribution in [0.5, 0.6) is 0 Å². The molecule has 0 bridgehead atoms. The van der Waals surface area contributed by atoms with Crippen LogP contribution in [-0.4, -0.2) is 45.3 Å². The molecule has 4 nitrogen and oxygen atoms in total. The van der Waals surface area contributed by atoms with Gasteiger partial charge in [-0.2, -0.15) is 0 Å². The molecule has 0 aromatic rings. The fourth-order valence-electron chi connectivity index (χ4n) is 1.43. The molecule has 0 aliphatic heterocycles. The number of hydrazine groups is 1. The quantitative estimate of drug-likeness (QED) is 0.444. The summed E-state index contributed by atoms with van der Waals surface area (Å²) in [7, 11) is 5.89. The summed E-state index contributed by atoms with van der Waals surface area (Å²) in [5.74, 6) is 6.08. The molecule has 0 rings (SSSR count). The molecule has 4 heteroatoms. The summed E-state index contributed by atoms with van der Waals surface area (Å²) in [5.41, 5.74) is 2.88. The average molecular weight is 203 g/mol. The van der Waals surface area contributed by atoms with Crippen molar-refractivity contribution in [3.63, 3.8) is 0 Å². The van der Waals surface area contributed by atoms with Crippen molar-refractivity contribution in [2.45, 2.75) is 25.8 Å². The van der Waals surface area contributed by atoms with E-state index in [1.165, 1.54) is 0 Å². The minimum atomic E-state index is 0.382. The van der Waals surface area contributed by atoms with Gasteiger partial charge < -0.3 is 9.64 Å². The Balaban J connectivity index is 3.74. The van der Waals surface area contributed by atoms with Crippen LogP contribution in [0, 0.1) is 5.92 Å². The van der Waals surface area contributed by atoms with Gasteiger partial charge >= 0.3 is 0 Å². The minimum absolute atomic E-state index is 0.382. The van der Waals surface area contributed by atoms with E-state index in [1.807, 2.05) is 0 Å². The fraction of sp³-hybridized carbons (Fsp3) is 1.00. The summed E-state index contributed by atoms with van der Waals surface area (Å²) in [4.78, 5) is 2.17. The van der Waals surface area contributed by atoms with Gasteiger partial charge in [-0.3, -0.25) is 11.3 Å². The molecule has 0 aromatic carbocycles. The Kier molecular flexibility index (Phi) is 8.08. The highest BCUT2D eigenvalue weighted by Crippen LogP contribution is 2.11. The Hall–Kier alpha value is -0.160. The third-order valence-electron chi connectivity index (χ3n) is 2.57. The number of nitrogens with two attached hydrogens (primary N) is 1. The maximum Gasteiger partial charge on any atom is 0.0465 e. The molecule has 0 radical (unpaired) electrons. The zero-order valence-electron chi connectivity index (χ0n) is 9.92. The molecule has 0 fully saturated rings. The van der Waals surface area contributed by atoms with E-state index in [4.69, 9.17) is 10.6 Å². The number of hydrogen-bond donors (Lipinski definition) is 2. The monoisotopic (exact) mass is 203 g/mol. The highest BCUT2D eigenvalue weighted by Gasteiger charge is 2.15. The number of nitrogens with one attached hydrogen (secondary N) is 1. The average Bonchev–Trinajstić information content (AvgIpc) is 2.15. The number of methoxy groups -OCH3 is 1. The summed E-state index contributed by atoms with van der Waals surface area (Å²) < 4.78 is 5.05. The van der Waals surface area contributed by atoms with E-state index in [-0.39, 0.29) is 0 Å². The van der Waals surface area contributed by atoms with Crippen molar-refractivity contribution in [1.82, 2.24) is 10.3 Å². The predicted octanol–water partition coefficient (Wildman–Crippen LogP) is 0.443. The van der Waals surface area contributed by atoms with Crippen LogP contribution in [0.4, 0.5) is 0 Å². The second-order valence-corrected chi connectivity index (χ2v) is 4.12. The van der Waals surface area contributed by atoms with Crippen LogP contribution in [0.1, 0.15) is 19.8 Å². The minimum Gasteiger partial charge on any atom is -0.385 e. The van der Waals surface area contributed by atoms with Gasteiger partial charge in [-0.15, -0.1) is 0 Å². The fourth-order valence-corrected chi connectivity index (χ4v) is 1.43. The third kappa shape index (κ3) is 6.32. The second-order valence-electron chi connectivity index (χ2n) is 4.12. The van der Waals surface area contributed by atoms with Gasteiger partial charge in [0.25, 0.3) is 0 Å². The van der Waals surface area contributed by atoms with Gasteiger partial charge in [0.1, 0.15) is 0 Å². The van der Waals surface area contributed by atoms with Crippen molar-refractivity contribution in [3.8, 4) is 0 Å². The number of rotatable bonds is 8. The van der Waals surface area contributed by atoms with Crippen LogP contribution in [0.25, 0.3) is 0 Å². The van der Waals surface area contributed by atoms with E-state index in [1.54, 1.807) is 7.11 Å². The van der Waals surface area contributed by atoms with Crippen LogP contribution >= 0.6 is 0 Å². The molecule has 3 N–H and O–H groups in total. The first-order valence-electron chi connectivity index (χ1n) is 5.21. The van der Waals surface area contributed by atoms with Crippen molar-refractivity contribution >= 4 is 0 Å². The van der Waals surface area contributed by atoms with Gasteiger partial charge in [0.2, 0.25) is 0 Å². The molecule has 0 amide bonds. The normalized spacial score (nSPS) is 15.9. The molecular formula is C10H25N3O. The lowest BCUT2D eigenvalue weighted by molar-refractivity contribution is 0.166. The Morgan fingerprint density at radius 2 is 2.00 bits per heavy atom. The molecule has 0 aliphatic rings. The van der Waals surface area contributed by atoms with E-state index >= 15 is 0 Å². The predicted molar refractivity (Wildman–Crippen MR) is 59.9 cm³/mol. The smallest absolute Gasteiger partial charge is 0.0465 e. The molecule has 0 spiro atoms. The number of nitrogens with zero attached hydrogens (tertiary/aromatic N) is 1.